The molecule has 118 valence electrons. The zero-order chi connectivity index (χ0) is 16.2. The first kappa shape index (κ1) is 16.7. The van der Waals surface area contributed by atoms with Gasteiger partial charge in [-0.3, -0.25) is 4.79 Å². The molecule has 0 aromatic rings. The summed E-state index contributed by atoms with van der Waals surface area (Å²) < 4.78 is 5.11. The molecule has 1 rings (SSSR count). The number of rotatable bonds is 5. The number of nitrogens with one attached hydrogen (secondary N) is 1. The van der Waals surface area contributed by atoms with Gasteiger partial charge < -0.3 is 36.8 Å². The van der Waals surface area contributed by atoms with E-state index in [-0.39, 0.29) is 5.96 Å². The Morgan fingerprint density at radius 2 is 2.14 bits per heavy atom. The fourth-order valence-electron chi connectivity index (χ4n) is 1.95. The van der Waals surface area contributed by atoms with E-state index < -0.39 is 48.5 Å². The highest BCUT2D eigenvalue weighted by molar-refractivity contribution is 5.85. The van der Waals surface area contributed by atoms with Crippen LogP contribution < -0.4 is 16.8 Å². The second kappa shape index (κ2) is 6.90. The highest BCUT2D eigenvalue weighted by atomic mass is 16.5. The van der Waals surface area contributed by atoms with E-state index in [0.717, 1.165) is 6.08 Å². The lowest BCUT2D eigenvalue weighted by Crippen LogP contribution is -2.58. The van der Waals surface area contributed by atoms with Gasteiger partial charge in [0, 0.05) is 6.92 Å². The second-order valence-electron chi connectivity index (χ2n) is 4.44. The maximum atomic E-state index is 11.3. The summed E-state index contributed by atoms with van der Waals surface area (Å²) in [5.41, 5.74) is 10.6. The third kappa shape index (κ3) is 4.33. The summed E-state index contributed by atoms with van der Waals surface area (Å²) in [5, 5.41) is 30.3. The molecule has 10 nitrogen and oxygen atoms in total. The first-order valence-electron chi connectivity index (χ1n) is 6.02. The van der Waals surface area contributed by atoms with Crippen LogP contribution in [0, 0.1) is 0 Å². The minimum atomic E-state index is -1.43. The minimum absolute atomic E-state index is 0.324. The average molecular weight is 302 g/mol. The van der Waals surface area contributed by atoms with Crippen molar-refractivity contribution in [2.75, 3.05) is 6.61 Å². The van der Waals surface area contributed by atoms with Gasteiger partial charge in [-0.2, -0.15) is 0 Å². The molecule has 8 N–H and O–H groups in total. The Morgan fingerprint density at radius 3 is 2.57 bits per heavy atom. The van der Waals surface area contributed by atoms with Crippen molar-refractivity contribution in [2.45, 2.75) is 31.2 Å². The summed E-state index contributed by atoms with van der Waals surface area (Å²) in [6.07, 6.45) is -1.53. The van der Waals surface area contributed by atoms with Crippen LogP contribution in [0.15, 0.2) is 16.8 Å². The minimum Gasteiger partial charge on any atom is -0.478 e. The van der Waals surface area contributed by atoms with Crippen molar-refractivity contribution in [2.24, 2.45) is 16.5 Å². The SMILES string of the molecule is CC(=O)N[C@H]1[C@H]([C@H](O)CO)OC(C(=O)O)=C[C@@H]1N=C(N)N. The van der Waals surface area contributed by atoms with Crippen LogP contribution in [-0.2, 0) is 14.3 Å². The van der Waals surface area contributed by atoms with Crippen molar-refractivity contribution < 1.29 is 29.6 Å². The van der Waals surface area contributed by atoms with Crippen LogP contribution in [0.25, 0.3) is 0 Å². The number of guanidine groups is 1. The van der Waals surface area contributed by atoms with E-state index in [0.29, 0.717) is 0 Å². The maximum absolute atomic E-state index is 11.3. The molecule has 21 heavy (non-hydrogen) atoms. The van der Waals surface area contributed by atoms with E-state index in [1.807, 2.05) is 0 Å². The lowest BCUT2D eigenvalue weighted by Gasteiger charge is -2.37. The fraction of sp³-hybridized carbons (Fsp3) is 0.545. The van der Waals surface area contributed by atoms with E-state index in [1.165, 1.54) is 6.92 Å². The number of aliphatic hydroxyl groups excluding tert-OH is 2. The van der Waals surface area contributed by atoms with Gasteiger partial charge in [-0.15, -0.1) is 0 Å². The normalized spacial score (nSPS) is 26.0. The number of aliphatic carboxylic acids is 1. The van der Waals surface area contributed by atoms with Crippen molar-refractivity contribution in [1.82, 2.24) is 5.32 Å². The molecule has 1 aliphatic heterocycles. The van der Waals surface area contributed by atoms with Crippen LogP contribution in [0.5, 0.6) is 0 Å². The first-order chi connectivity index (χ1) is 9.76. The highest BCUT2D eigenvalue weighted by Gasteiger charge is 2.41. The Bertz CT molecular complexity index is 473. The third-order valence-electron chi connectivity index (χ3n) is 2.75. The van der Waals surface area contributed by atoms with Crippen molar-refractivity contribution >= 4 is 17.8 Å². The van der Waals surface area contributed by atoms with E-state index in [9.17, 15) is 14.7 Å². The topological polar surface area (TPSA) is 180 Å². The van der Waals surface area contributed by atoms with Gasteiger partial charge in [-0.05, 0) is 6.08 Å². The number of aliphatic hydroxyl groups is 2. The number of ether oxygens (including phenoxy) is 1. The molecular weight excluding hydrogens is 284 g/mol. The molecular formula is C11H18N4O6. The molecule has 1 heterocycles. The molecule has 1 aliphatic rings. The van der Waals surface area contributed by atoms with E-state index in [4.69, 9.17) is 26.4 Å². The maximum Gasteiger partial charge on any atom is 0.370 e. The zero-order valence-electron chi connectivity index (χ0n) is 11.3. The fourth-order valence-corrected chi connectivity index (χ4v) is 1.95. The van der Waals surface area contributed by atoms with Gasteiger partial charge in [0.15, 0.2) is 5.96 Å². The molecule has 0 fully saturated rings. The van der Waals surface area contributed by atoms with Crippen LogP contribution in [0.4, 0.5) is 0 Å². The van der Waals surface area contributed by atoms with E-state index in [1.54, 1.807) is 0 Å². The molecule has 0 aliphatic carbocycles. The lowest BCUT2D eigenvalue weighted by molar-refractivity contribution is -0.142. The van der Waals surface area contributed by atoms with E-state index >= 15 is 0 Å². The van der Waals surface area contributed by atoms with Gasteiger partial charge in [0.2, 0.25) is 11.7 Å². The summed E-state index contributed by atoms with van der Waals surface area (Å²) in [6.45, 7) is 0.535. The van der Waals surface area contributed by atoms with Crippen LogP contribution in [0.2, 0.25) is 0 Å². The number of carbonyl (C=O) groups excluding carboxylic acids is 1. The predicted octanol–water partition coefficient (Wildman–Crippen LogP) is -3.15. The molecule has 4 atom stereocenters. The Balaban J connectivity index is 3.23. The Morgan fingerprint density at radius 1 is 1.52 bits per heavy atom. The Labute approximate surface area is 120 Å². The van der Waals surface area contributed by atoms with Crippen LogP contribution in [0.1, 0.15) is 6.92 Å². The summed E-state index contributed by atoms with van der Waals surface area (Å²) >= 11 is 0. The number of hydrogen-bond acceptors (Lipinski definition) is 6. The number of hydrogen-bond donors (Lipinski definition) is 6. The zero-order valence-corrected chi connectivity index (χ0v) is 11.3. The summed E-state index contributed by atoms with van der Waals surface area (Å²) in [4.78, 5) is 26.1. The van der Waals surface area contributed by atoms with Gasteiger partial charge >= 0.3 is 5.97 Å². The largest absolute Gasteiger partial charge is 0.478 e. The first-order valence-corrected chi connectivity index (χ1v) is 6.02. The quantitative estimate of drug-likeness (QED) is 0.227. The summed E-state index contributed by atoms with van der Waals surface area (Å²) in [7, 11) is 0. The number of nitrogens with two attached hydrogens (primary N) is 2. The highest BCUT2D eigenvalue weighted by Crippen LogP contribution is 2.23. The van der Waals surface area contributed by atoms with Gasteiger partial charge in [-0.25, -0.2) is 9.79 Å². The Hall–Kier alpha value is -2.33. The molecule has 0 spiro atoms. The third-order valence-corrected chi connectivity index (χ3v) is 2.75. The van der Waals surface area contributed by atoms with Crippen molar-refractivity contribution in [1.29, 1.82) is 0 Å². The number of nitrogens with zero attached hydrogens (tertiary/aromatic N) is 1. The smallest absolute Gasteiger partial charge is 0.370 e. The molecule has 0 unspecified atom stereocenters. The van der Waals surface area contributed by atoms with Gasteiger partial charge in [-0.1, -0.05) is 0 Å². The summed E-state index contributed by atoms with van der Waals surface area (Å²) in [6, 6.07) is -1.89. The number of carboxylic acids is 1. The molecule has 10 heteroatoms. The molecule has 0 saturated heterocycles. The van der Waals surface area contributed by atoms with Gasteiger partial charge in [0.25, 0.3) is 0 Å². The molecule has 0 aromatic carbocycles. The average Bonchev–Trinajstić information content (AvgIpc) is 2.38. The van der Waals surface area contributed by atoms with Crippen LogP contribution >= 0.6 is 0 Å². The number of carboxylic acid groups (broad SMARTS) is 1. The van der Waals surface area contributed by atoms with Crippen molar-refractivity contribution in [3.8, 4) is 0 Å². The molecule has 0 saturated carbocycles. The number of amides is 1. The van der Waals surface area contributed by atoms with Gasteiger partial charge in [0.1, 0.15) is 12.2 Å². The monoisotopic (exact) mass is 302 g/mol. The van der Waals surface area contributed by atoms with Crippen LogP contribution in [-0.4, -0.2) is 64.1 Å². The molecule has 1 amide bonds. The lowest BCUT2D eigenvalue weighted by atomic mass is 9.95. The second-order valence-corrected chi connectivity index (χ2v) is 4.44. The number of carbonyl (C=O) groups is 2. The van der Waals surface area contributed by atoms with Crippen molar-refractivity contribution in [3.63, 3.8) is 0 Å². The standard InChI is InChI=1S/C11H18N4O6/c1-4(17)14-8-5(15-11(12)13)2-7(10(19)20)21-9(8)6(18)3-16/h2,5-6,8-9,16,18H,3H2,1H3,(H,14,17)(H,19,20)(H4,12,13,15)/t5-,6+,8+,9-/m0/s1. The molecule has 0 radical (unpaired) electrons. The summed E-state index contributed by atoms with van der Waals surface area (Å²) in [5.74, 6) is -2.65. The van der Waals surface area contributed by atoms with Crippen LogP contribution in [0.3, 0.4) is 0 Å². The molecule has 0 bridgehead atoms. The van der Waals surface area contributed by atoms with Crippen molar-refractivity contribution in [3.05, 3.63) is 11.8 Å². The van der Waals surface area contributed by atoms with E-state index in [2.05, 4.69) is 10.3 Å². The van der Waals surface area contributed by atoms with Gasteiger partial charge in [0.05, 0.1) is 18.7 Å². The predicted molar refractivity (Wildman–Crippen MR) is 70.9 cm³/mol. The number of aliphatic imine (C=N–C) groups is 1. The molecule has 0 aromatic heterocycles. The Kier molecular flexibility index (Phi) is 5.50.